The molecule has 0 spiro atoms. The Hall–Kier alpha value is -2.86. The Morgan fingerprint density at radius 3 is 2.62 bits per heavy atom. The molecule has 134 valence electrons. The van der Waals surface area contributed by atoms with E-state index in [9.17, 15) is 9.18 Å². The van der Waals surface area contributed by atoms with Crippen molar-refractivity contribution in [2.75, 3.05) is 6.61 Å². The normalized spacial score (nSPS) is 10.6. The number of nitrogens with zero attached hydrogens (tertiary/aromatic N) is 2. The van der Waals surface area contributed by atoms with E-state index in [-0.39, 0.29) is 23.8 Å². The zero-order valence-corrected chi connectivity index (χ0v) is 14.7. The molecule has 0 unspecified atom stereocenters. The summed E-state index contributed by atoms with van der Waals surface area (Å²) in [7, 11) is 0. The SMILES string of the molecule is CCOc1cn(-c2ccc(F)cc2OCc2ccccc2)nc1C(=O)Cl. The van der Waals surface area contributed by atoms with Crippen molar-refractivity contribution in [2.24, 2.45) is 0 Å². The summed E-state index contributed by atoms with van der Waals surface area (Å²) in [5.41, 5.74) is 1.40. The first-order chi connectivity index (χ1) is 12.6. The topological polar surface area (TPSA) is 53.4 Å². The first-order valence-corrected chi connectivity index (χ1v) is 8.35. The Kier molecular flexibility index (Phi) is 5.53. The quantitative estimate of drug-likeness (QED) is 0.576. The Labute approximate surface area is 154 Å². The van der Waals surface area contributed by atoms with E-state index in [1.807, 2.05) is 30.3 Å². The number of carbonyl (C=O) groups is 1. The van der Waals surface area contributed by atoms with Crippen LogP contribution in [-0.2, 0) is 6.61 Å². The second-order valence-electron chi connectivity index (χ2n) is 5.38. The van der Waals surface area contributed by atoms with Crippen LogP contribution in [0.25, 0.3) is 5.69 Å². The van der Waals surface area contributed by atoms with Crippen molar-refractivity contribution < 1.29 is 18.7 Å². The van der Waals surface area contributed by atoms with Crippen LogP contribution in [0.5, 0.6) is 11.5 Å². The van der Waals surface area contributed by atoms with Gasteiger partial charge in [0, 0.05) is 6.07 Å². The van der Waals surface area contributed by atoms with E-state index in [1.165, 1.54) is 29.1 Å². The summed E-state index contributed by atoms with van der Waals surface area (Å²) in [5, 5.41) is 3.42. The Bertz CT molecular complexity index is 912. The van der Waals surface area contributed by atoms with Gasteiger partial charge in [-0.15, -0.1) is 0 Å². The van der Waals surface area contributed by atoms with Gasteiger partial charge in [-0.05, 0) is 36.2 Å². The van der Waals surface area contributed by atoms with Gasteiger partial charge in [-0.25, -0.2) is 9.07 Å². The minimum absolute atomic E-state index is 0.00755. The van der Waals surface area contributed by atoms with Crippen molar-refractivity contribution in [2.45, 2.75) is 13.5 Å². The fourth-order valence-corrected chi connectivity index (χ4v) is 2.54. The fraction of sp³-hybridized carbons (Fsp3) is 0.158. The number of aromatic nitrogens is 2. The van der Waals surface area contributed by atoms with Gasteiger partial charge in [-0.3, -0.25) is 4.79 Å². The van der Waals surface area contributed by atoms with Crippen LogP contribution in [0.1, 0.15) is 23.0 Å². The molecule has 7 heteroatoms. The van der Waals surface area contributed by atoms with E-state index >= 15 is 0 Å². The molecule has 0 radical (unpaired) electrons. The van der Waals surface area contributed by atoms with E-state index in [1.54, 1.807) is 6.92 Å². The molecule has 2 aromatic carbocycles. The van der Waals surface area contributed by atoms with Crippen LogP contribution in [0.4, 0.5) is 4.39 Å². The number of hydrogen-bond donors (Lipinski definition) is 0. The molecule has 0 aliphatic carbocycles. The molecular formula is C19H16ClFN2O3. The summed E-state index contributed by atoms with van der Waals surface area (Å²) < 4.78 is 26.3. The number of ether oxygens (including phenoxy) is 2. The van der Waals surface area contributed by atoms with Gasteiger partial charge >= 0.3 is 0 Å². The number of benzene rings is 2. The Morgan fingerprint density at radius 1 is 1.15 bits per heavy atom. The molecule has 0 fully saturated rings. The number of halogens is 2. The largest absolute Gasteiger partial charge is 0.490 e. The van der Waals surface area contributed by atoms with Gasteiger partial charge in [-0.2, -0.15) is 5.10 Å². The molecule has 0 amide bonds. The lowest BCUT2D eigenvalue weighted by molar-refractivity contribution is 0.107. The van der Waals surface area contributed by atoms with Crippen LogP contribution in [0.15, 0.2) is 54.7 Å². The lowest BCUT2D eigenvalue weighted by Gasteiger charge is -2.11. The summed E-state index contributed by atoms with van der Waals surface area (Å²) in [6, 6.07) is 13.6. The monoisotopic (exact) mass is 374 g/mol. The molecule has 5 nitrogen and oxygen atoms in total. The van der Waals surface area contributed by atoms with Crippen LogP contribution >= 0.6 is 11.6 Å². The molecule has 0 atom stereocenters. The van der Waals surface area contributed by atoms with E-state index in [0.717, 1.165) is 5.56 Å². The van der Waals surface area contributed by atoms with Crippen molar-refractivity contribution >= 4 is 16.8 Å². The van der Waals surface area contributed by atoms with Crippen molar-refractivity contribution in [1.29, 1.82) is 0 Å². The average Bonchev–Trinajstić information content (AvgIpc) is 3.05. The molecule has 3 rings (SSSR count). The molecule has 26 heavy (non-hydrogen) atoms. The Morgan fingerprint density at radius 2 is 1.92 bits per heavy atom. The highest BCUT2D eigenvalue weighted by molar-refractivity contribution is 6.67. The van der Waals surface area contributed by atoms with E-state index < -0.39 is 11.1 Å². The van der Waals surface area contributed by atoms with Crippen molar-refractivity contribution in [1.82, 2.24) is 9.78 Å². The fourth-order valence-electron chi connectivity index (χ4n) is 2.41. The van der Waals surface area contributed by atoms with E-state index in [4.69, 9.17) is 21.1 Å². The summed E-state index contributed by atoms with van der Waals surface area (Å²) in [5.74, 6) is 0.0986. The maximum absolute atomic E-state index is 13.7. The van der Waals surface area contributed by atoms with Gasteiger partial charge in [-0.1, -0.05) is 30.3 Å². The van der Waals surface area contributed by atoms with Crippen molar-refractivity contribution in [3.05, 3.63) is 71.8 Å². The lowest BCUT2D eigenvalue weighted by Crippen LogP contribution is -2.03. The molecule has 3 aromatic rings. The molecular weight excluding hydrogens is 359 g/mol. The highest BCUT2D eigenvalue weighted by Crippen LogP contribution is 2.28. The van der Waals surface area contributed by atoms with Gasteiger partial charge in [0.25, 0.3) is 5.24 Å². The molecule has 0 aliphatic rings. The molecule has 0 bridgehead atoms. The second-order valence-corrected chi connectivity index (χ2v) is 5.72. The first-order valence-electron chi connectivity index (χ1n) is 7.97. The number of hydrogen-bond acceptors (Lipinski definition) is 4. The standard InChI is InChI=1S/C19H16ClFN2O3/c1-2-25-17-11-23(22-18(17)19(20)24)15-9-8-14(21)10-16(15)26-12-13-6-4-3-5-7-13/h3-11H,2,12H2,1H3. The summed E-state index contributed by atoms with van der Waals surface area (Å²) in [6.07, 6.45) is 1.52. The first kappa shape index (κ1) is 17.9. The van der Waals surface area contributed by atoms with Crippen LogP contribution in [0.3, 0.4) is 0 Å². The van der Waals surface area contributed by atoms with Gasteiger partial charge < -0.3 is 9.47 Å². The highest BCUT2D eigenvalue weighted by Gasteiger charge is 2.19. The molecule has 1 heterocycles. The van der Waals surface area contributed by atoms with Gasteiger partial charge in [0.2, 0.25) is 0 Å². The number of rotatable bonds is 7. The predicted molar refractivity (Wildman–Crippen MR) is 95.6 cm³/mol. The van der Waals surface area contributed by atoms with Crippen LogP contribution in [0.2, 0.25) is 0 Å². The minimum atomic E-state index is -0.735. The average molecular weight is 375 g/mol. The third-order valence-electron chi connectivity index (χ3n) is 3.57. The molecule has 0 aliphatic heterocycles. The highest BCUT2D eigenvalue weighted by atomic mass is 35.5. The Balaban J connectivity index is 1.95. The second kappa shape index (κ2) is 8.01. The smallest absolute Gasteiger partial charge is 0.276 e. The summed E-state index contributed by atoms with van der Waals surface area (Å²) in [6.45, 7) is 2.40. The number of carbonyl (C=O) groups excluding carboxylic acids is 1. The van der Waals surface area contributed by atoms with Gasteiger partial charge in [0.05, 0.1) is 12.8 Å². The van der Waals surface area contributed by atoms with Crippen LogP contribution in [-0.4, -0.2) is 21.6 Å². The minimum Gasteiger partial charge on any atom is -0.490 e. The summed E-state index contributed by atoms with van der Waals surface area (Å²) in [4.78, 5) is 11.6. The van der Waals surface area contributed by atoms with Crippen molar-refractivity contribution in [3.63, 3.8) is 0 Å². The zero-order chi connectivity index (χ0) is 18.5. The van der Waals surface area contributed by atoms with Crippen molar-refractivity contribution in [3.8, 4) is 17.2 Å². The van der Waals surface area contributed by atoms with E-state index in [2.05, 4.69) is 5.10 Å². The van der Waals surface area contributed by atoms with Gasteiger partial charge in [0.15, 0.2) is 11.4 Å². The zero-order valence-electron chi connectivity index (χ0n) is 14.0. The maximum atomic E-state index is 13.7. The third-order valence-corrected chi connectivity index (χ3v) is 3.75. The third kappa shape index (κ3) is 4.03. The summed E-state index contributed by atoms with van der Waals surface area (Å²) >= 11 is 5.57. The predicted octanol–water partition coefficient (Wildman–Crippen LogP) is 4.37. The molecule has 1 aromatic heterocycles. The van der Waals surface area contributed by atoms with Crippen LogP contribution < -0.4 is 9.47 Å². The van der Waals surface area contributed by atoms with Crippen LogP contribution in [0, 0.1) is 5.82 Å². The van der Waals surface area contributed by atoms with E-state index in [0.29, 0.717) is 12.3 Å². The lowest BCUT2D eigenvalue weighted by atomic mass is 10.2. The molecule has 0 saturated carbocycles. The maximum Gasteiger partial charge on any atom is 0.276 e. The molecule has 0 N–H and O–H groups in total. The molecule has 0 saturated heterocycles. The van der Waals surface area contributed by atoms with Gasteiger partial charge in [0.1, 0.15) is 23.9 Å².